The Morgan fingerprint density at radius 3 is 2.55 bits per heavy atom. The number of aromatic nitrogens is 2. The molecule has 1 aromatic carbocycles. The number of rotatable bonds is 6. The van der Waals surface area contributed by atoms with Crippen LogP contribution in [0.25, 0.3) is 0 Å². The van der Waals surface area contributed by atoms with E-state index in [-0.39, 0.29) is 11.1 Å². The molecule has 2 rings (SSSR count). The summed E-state index contributed by atoms with van der Waals surface area (Å²) >= 11 is 0. The van der Waals surface area contributed by atoms with Crippen molar-refractivity contribution in [2.75, 3.05) is 4.72 Å². The molecule has 6 nitrogen and oxygen atoms in total. The van der Waals surface area contributed by atoms with E-state index in [0.29, 0.717) is 18.5 Å². The number of anilines is 1. The lowest BCUT2D eigenvalue weighted by molar-refractivity contribution is 0.591. The predicted molar refractivity (Wildman–Crippen MR) is 83.8 cm³/mol. The summed E-state index contributed by atoms with van der Waals surface area (Å²) in [6, 6.07) is 9.21. The van der Waals surface area contributed by atoms with Crippen LogP contribution in [0, 0.1) is 11.3 Å². The van der Waals surface area contributed by atoms with Crippen LogP contribution >= 0.6 is 0 Å². The molecule has 0 aliphatic carbocycles. The Bertz CT molecular complexity index is 771. The number of aryl methyl sites for hydroxylation is 1. The standard InChI is InChI=1S/C15H18N4O2S/c1-12(2)19-10-15(17-11-19)22(20,21)18-14-7-5-13(6-8-14)4-3-9-16/h5-8,10-12,18H,3-4H2,1-2H3. The van der Waals surface area contributed by atoms with Gasteiger partial charge in [0.1, 0.15) is 0 Å². The highest BCUT2D eigenvalue weighted by Crippen LogP contribution is 2.17. The van der Waals surface area contributed by atoms with Gasteiger partial charge in [-0.15, -0.1) is 0 Å². The zero-order valence-corrected chi connectivity index (χ0v) is 13.3. The van der Waals surface area contributed by atoms with Crippen molar-refractivity contribution < 1.29 is 8.42 Å². The molecule has 2 aromatic rings. The van der Waals surface area contributed by atoms with E-state index in [1.54, 1.807) is 16.7 Å². The lowest BCUT2D eigenvalue weighted by Crippen LogP contribution is -2.13. The van der Waals surface area contributed by atoms with E-state index in [4.69, 9.17) is 5.26 Å². The summed E-state index contributed by atoms with van der Waals surface area (Å²) in [6.07, 6.45) is 4.11. The topological polar surface area (TPSA) is 87.8 Å². The average Bonchev–Trinajstić information content (AvgIpc) is 2.97. The van der Waals surface area contributed by atoms with E-state index < -0.39 is 10.0 Å². The van der Waals surface area contributed by atoms with Crippen LogP contribution < -0.4 is 4.72 Å². The molecule has 0 unspecified atom stereocenters. The van der Waals surface area contributed by atoms with Gasteiger partial charge in [-0.1, -0.05) is 12.1 Å². The number of imidazole rings is 1. The third-order valence-electron chi connectivity index (χ3n) is 3.18. The first-order valence-corrected chi connectivity index (χ1v) is 8.43. The van der Waals surface area contributed by atoms with Crippen molar-refractivity contribution >= 4 is 15.7 Å². The van der Waals surface area contributed by atoms with E-state index in [9.17, 15) is 8.42 Å². The molecule has 0 bridgehead atoms. The molecular formula is C15H18N4O2S. The van der Waals surface area contributed by atoms with Crippen molar-refractivity contribution in [3.05, 3.63) is 42.4 Å². The van der Waals surface area contributed by atoms with Crippen LogP contribution in [0.4, 0.5) is 5.69 Å². The van der Waals surface area contributed by atoms with Crippen LogP contribution in [0.5, 0.6) is 0 Å². The summed E-state index contributed by atoms with van der Waals surface area (Å²) in [4.78, 5) is 3.94. The summed E-state index contributed by atoms with van der Waals surface area (Å²) in [5.41, 5.74) is 1.47. The van der Waals surface area contributed by atoms with Gasteiger partial charge in [0.15, 0.2) is 5.03 Å². The van der Waals surface area contributed by atoms with Gasteiger partial charge in [0, 0.05) is 24.3 Å². The van der Waals surface area contributed by atoms with Gasteiger partial charge >= 0.3 is 0 Å². The summed E-state index contributed by atoms with van der Waals surface area (Å²) < 4.78 is 28.8. The van der Waals surface area contributed by atoms with Gasteiger partial charge in [-0.05, 0) is 38.0 Å². The summed E-state index contributed by atoms with van der Waals surface area (Å²) in [5, 5.41) is 8.55. The van der Waals surface area contributed by atoms with Gasteiger partial charge in [0.25, 0.3) is 10.0 Å². The zero-order valence-electron chi connectivity index (χ0n) is 12.5. The fourth-order valence-corrected chi connectivity index (χ4v) is 2.88. The first-order valence-electron chi connectivity index (χ1n) is 6.94. The Kier molecular flexibility index (Phi) is 4.83. The van der Waals surface area contributed by atoms with E-state index in [1.165, 1.54) is 12.5 Å². The van der Waals surface area contributed by atoms with Crippen molar-refractivity contribution in [2.45, 2.75) is 37.8 Å². The molecular weight excluding hydrogens is 300 g/mol. The van der Waals surface area contributed by atoms with Gasteiger partial charge in [0.05, 0.1) is 12.4 Å². The molecule has 0 fully saturated rings. The molecule has 0 spiro atoms. The van der Waals surface area contributed by atoms with E-state index >= 15 is 0 Å². The van der Waals surface area contributed by atoms with Crippen LogP contribution in [-0.2, 0) is 16.4 Å². The number of nitrogens with zero attached hydrogens (tertiary/aromatic N) is 3. The first kappa shape index (κ1) is 16.0. The Labute approximate surface area is 130 Å². The van der Waals surface area contributed by atoms with Crippen LogP contribution in [0.15, 0.2) is 41.8 Å². The molecule has 0 radical (unpaired) electrons. The maximum absolute atomic E-state index is 12.3. The number of hydrogen-bond donors (Lipinski definition) is 1. The van der Waals surface area contributed by atoms with Gasteiger partial charge in [-0.2, -0.15) is 13.7 Å². The SMILES string of the molecule is CC(C)n1cnc(S(=O)(=O)Nc2ccc(CCC#N)cc2)c1. The minimum Gasteiger partial charge on any atom is -0.334 e. The zero-order chi connectivity index (χ0) is 16.2. The van der Waals surface area contributed by atoms with E-state index in [1.807, 2.05) is 26.0 Å². The molecule has 0 saturated heterocycles. The molecule has 1 heterocycles. The van der Waals surface area contributed by atoms with Gasteiger partial charge in [-0.25, -0.2) is 4.98 Å². The fraction of sp³-hybridized carbons (Fsp3) is 0.333. The first-order chi connectivity index (χ1) is 10.4. The molecule has 7 heteroatoms. The smallest absolute Gasteiger partial charge is 0.280 e. The molecule has 0 amide bonds. The van der Waals surface area contributed by atoms with Crippen LogP contribution in [0.2, 0.25) is 0 Å². The van der Waals surface area contributed by atoms with E-state index in [0.717, 1.165) is 5.56 Å². The minimum atomic E-state index is -3.69. The second-order valence-electron chi connectivity index (χ2n) is 5.21. The van der Waals surface area contributed by atoms with Crippen molar-refractivity contribution in [3.63, 3.8) is 0 Å². The maximum atomic E-state index is 12.3. The van der Waals surface area contributed by atoms with E-state index in [2.05, 4.69) is 15.8 Å². The second-order valence-corrected chi connectivity index (χ2v) is 6.84. The molecule has 22 heavy (non-hydrogen) atoms. The number of sulfonamides is 1. The van der Waals surface area contributed by atoms with Gasteiger partial charge in [0.2, 0.25) is 0 Å². The quantitative estimate of drug-likeness (QED) is 0.887. The Morgan fingerprint density at radius 2 is 2.00 bits per heavy atom. The van der Waals surface area contributed by atoms with Crippen LogP contribution in [0.1, 0.15) is 31.9 Å². The normalized spacial score (nSPS) is 11.4. The highest BCUT2D eigenvalue weighted by molar-refractivity contribution is 7.92. The molecule has 1 N–H and O–H groups in total. The van der Waals surface area contributed by atoms with Gasteiger partial charge < -0.3 is 4.57 Å². The molecule has 1 aromatic heterocycles. The third-order valence-corrected chi connectivity index (χ3v) is 4.45. The number of nitriles is 1. The summed E-state index contributed by atoms with van der Waals surface area (Å²) in [6.45, 7) is 3.90. The Hall–Kier alpha value is -2.33. The Morgan fingerprint density at radius 1 is 1.32 bits per heavy atom. The number of nitrogens with one attached hydrogen (secondary N) is 1. The molecule has 0 saturated carbocycles. The Balaban J connectivity index is 2.12. The molecule has 116 valence electrons. The fourth-order valence-electron chi connectivity index (χ4n) is 1.89. The van der Waals surface area contributed by atoms with Gasteiger partial charge in [-0.3, -0.25) is 4.72 Å². The summed E-state index contributed by atoms with van der Waals surface area (Å²) in [5.74, 6) is 0. The van der Waals surface area contributed by atoms with Crippen molar-refractivity contribution in [3.8, 4) is 6.07 Å². The van der Waals surface area contributed by atoms with Crippen LogP contribution in [-0.4, -0.2) is 18.0 Å². The van der Waals surface area contributed by atoms with Crippen molar-refractivity contribution in [1.82, 2.24) is 9.55 Å². The molecule has 0 atom stereocenters. The second kappa shape index (κ2) is 6.62. The highest BCUT2D eigenvalue weighted by atomic mass is 32.2. The highest BCUT2D eigenvalue weighted by Gasteiger charge is 2.18. The minimum absolute atomic E-state index is 0.00485. The lowest BCUT2D eigenvalue weighted by atomic mass is 10.1. The van der Waals surface area contributed by atoms with Crippen LogP contribution in [0.3, 0.4) is 0 Å². The number of hydrogen-bond acceptors (Lipinski definition) is 4. The lowest BCUT2D eigenvalue weighted by Gasteiger charge is -2.07. The monoisotopic (exact) mass is 318 g/mol. The predicted octanol–water partition coefficient (Wildman–Crippen LogP) is 2.72. The largest absolute Gasteiger partial charge is 0.334 e. The van der Waals surface area contributed by atoms with Crippen molar-refractivity contribution in [2.24, 2.45) is 0 Å². The average molecular weight is 318 g/mol. The molecule has 0 aliphatic heterocycles. The maximum Gasteiger partial charge on any atom is 0.280 e. The van der Waals surface area contributed by atoms with Crippen molar-refractivity contribution in [1.29, 1.82) is 5.26 Å². The molecule has 0 aliphatic rings. The third kappa shape index (κ3) is 3.86. The number of benzene rings is 1. The summed E-state index contributed by atoms with van der Waals surface area (Å²) in [7, 11) is -3.69.